The number of anilines is 1. The number of imide groups is 1. The molecule has 3 N–H and O–H groups in total. The second kappa shape index (κ2) is 4.50. The van der Waals surface area contributed by atoms with Crippen molar-refractivity contribution in [1.29, 1.82) is 0 Å². The Kier molecular flexibility index (Phi) is 2.92. The molecule has 8 heteroatoms. The van der Waals surface area contributed by atoms with Gasteiger partial charge in [0, 0.05) is 0 Å². The quantitative estimate of drug-likeness (QED) is 0.782. The highest BCUT2D eigenvalue weighted by atomic mass is 35.5. The van der Waals surface area contributed by atoms with Crippen molar-refractivity contribution in [3.05, 3.63) is 39.5 Å². The van der Waals surface area contributed by atoms with Crippen LogP contribution < -0.4 is 11.1 Å². The first kappa shape index (κ1) is 13.0. The summed E-state index contributed by atoms with van der Waals surface area (Å²) in [4.78, 5) is 23.1. The van der Waals surface area contributed by atoms with Crippen molar-refractivity contribution in [2.45, 2.75) is 6.42 Å². The molecule has 0 spiro atoms. The van der Waals surface area contributed by atoms with Crippen LogP contribution in [0.2, 0.25) is 10.0 Å². The minimum absolute atomic E-state index is 0.0135. The van der Waals surface area contributed by atoms with Crippen molar-refractivity contribution in [1.82, 2.24) is 15.1 Å². The molecule has 102 valence electrons. The van der Waals surface area contributed by atoms with Crippen molar-refractivity contribution < 1.29 is 9.59 Å². The molecule has 0 saturated heterocycles. The predicted octanol–water partition coefficient (Wildman–Crippen LogP) is 1.57. The van der Waals surface area contributed by atoms with Crippen LogP contribution in [-0.2, 0) is 11.2 Å². The second-order valence-corrected chi connectivity index (χ2v) is 5.09. The molecule has 1 aliphatic heterocycles. The molecule has 20 heavy (non-hydrogen) atoms. The first-order valence-electron chi connectivity index (χ1n) is 5.64. The zero-order valence-corrected chi connectivity index (χ0v) is 11.5. The molecule has 0 radical (unpaired) electrons. The number of nitrogens with one attached hydrogen (secondary N) is 1. The zero-order valence-electron chi connectivity index (χ0n) is 9.98. The number of nitrogens with two attached hydrogens (primary N) is 1. The summed E-state index contributed by atoms with van der Waals surface area (Å²) in [6.07, 6.45) is 0.0135. The molecule has 0 fully saturated rings. The monoisotopic (exact) mass is 310 g/mol. The van der Waals surface area contributed by atoms with E-state index in [-0.39, 0.29) is 17.8 Å². The molecule has 2 aromatic rings. The maximum absolute atomic E-state index is 11.8. The van der Waals surface area contributed by atoms with Gasteiger partial charge in [-0.2, -0.15) is 5.10 Å². The lowest BCUT2D eigenvalue weighted by molar-refractivity contribution is -0.119. The van der Waals surface area contributed by atoms with E-state index in [0.717, 1.165) is 0 Å². The highest BCUT2D eigenvalue weighted by Crippen LogP contribution is 2.28. The van der Waals surface area contributed by atoms with Crippen molar-refractivity contribution >= 4 is 40.8 Å². The summed E-state index contributed by atoms with van der Waals surface area (Å²) in [5.74, 6) is -0.787. The summed E-state index contributed by atoms with van der Waals surface area (Å²) in [6.45, 7) is 0. The Morgan fingerprint density at radius 1 is 1.25 bits per heavy atom. The van der Waals surface area contributed by atoms with E-state index in [2.05, 4.69) is 10.4 Å². The zero-order chi connectivity index (χ0) is 14.4. The summed E-state index contributed by atoms with van der Waals surface area (Å²) >= 11 is 11.8. The van der Waals surface area contributed by atoms with Crippen molar-refractivity contribution in [2.75, 3.05) is 5.73 Å². The molecular formula is C12H8Cl2N4O2. The van der Waals surface area contributed by atoms with Gasteiger partial charge in [0.1, 0.15) is 11.4 Å². The van der Waals surface area contributed by atoms with E-state index < -0.39 is 11.8 Å². The number of fused-ring (bicyclic) bond motifs is 1. The van der Waals surface area contributed by atoms with Gasteiger partial charge in [-0.15, -0.1) is 0 Å². The highest BCUT2D eigenvalue weighted by Gasteiger charge is 2.29. The molecule has 3 rings (SSSR count). The highest BCUT2D eigenvalue weighted by molar-refractivity contribution is 6.42. The Balaban J connectivity index is 2.16. The normalized spacial score (nSPS) is 14.1. The van der Waals surface area contributed by atoms with Crippen LogP contribution in [0, 0.1) is 0 Å². The third kappa shape index (κ3) is 1.93. The second-order valence-electron chi connectivity index (χ2n) is 4.27. The summed E-state index contributed by atoms with van der Waals surface area (Å²) < 4.78 is 1.37. The van der Waals surface area contributed by atoms with Gasteiger partial charge in [-0.3, -0.25) is 14.9 Å². The number of rotatable bonds is 1. The summed E-state index contributed by atoms with van der Waals surface area (Å²) in [5, 5.41) is 7.15. The molecule has 6 nitrogen and oxygen atoms in total. The Morgan fingerprint density at radius 3 is 2.70 bits per heavy atom. The number of carbonyl (C=O) groups is 2. The van der Waals surface area contributed by atoms with Crippen LogP contribution >= 0.6 is 23.2 Å². The van der Waals surface area contributed by atoms with Crippen LogP contribution in [0.3, 0.4) is 0 Å². The number of hydrogen-bond donors (Lipinski definition) is 2. The molecule has 1 aromatic carbocycles. The van der Waals surface area contributed by atoms with E-state index in [9.17, 15) is 9.59 Å². The lowest BCUT2D eigenvalue weighted by atomic mass is 10.1. The summed E-state index contributed by atoms with van der Waals surface area (Å²) in [6, 6.07) is 4.85. The summed E-state index contributed by atoms with van der Waals surface area (Å²) in [5.41, 5.74) is 7.06. The van der Waals surface area contributed by atoms with Crippen LogP contribution in [-0.4, -0.2) is 21.6 Å². The Bertz CT molecular complexity index is 754. The third-order valence-corrected chi connectivity index (χ3v) is 3.69. The van der Waals surface area contributed by atoms with Gasteiger partial charge in [-0.05, 0) is 18.2 Å². The molecule has 0 unspecified atom stereocenters. The number of nitrogens with zero attached hydrogens (tertiary/aromatic N) is 2. The third-order valence-electron chi connectivity index (χ3n) is 2.95. The van der Waals surface area contributed by atoms with E-state index in [4.69, 9.17) is 28.9 Å². The first-order chi connectivity index (χ1) is 9.47. The van der Waals surface area contributed by atoms with Gasteiger partial charge in [-0.1, -0.05) is 23.2 Å². The standard InChI is InChI=1S/C12H8Cl2N4O2/c13-6-2-1-5(3-7(6)14)18-11(15)10-8(17-18)4-9(19)16-12(10)20/h1-3H,4,15H2,(H,16,19,20). The lowest BCUT2D eigenvalue weighted by Crippen LogP contribution is -2.37. The maximum atomic E-state index is 11.8. The fourth-order valence-electron chi connectivity index (χ4n) is 2.05. The van der Waals surface area contributed by atoms with Gasteiger partial charge in [-0.25, -0.2) is 4.68 Å². The van der Waals surface area contributed by atoms with E-state index >= 15 is 0 Å². The van der Waals surface area contributed by atoms with Gasteiger partial charge in [0.15, 0.2) is 0 Å². The lowest BCUT2D eigenvalue weighted by Gasteiger charge is -2.09. The number of aromatic nitrogens is 2. The Labute approximate surface area is 123 Å². The van der Waals surface area contributed by atoms with Crippen LogP contribution in [0.15, 0.2) is 18.2 Å². The predicted molar refractivity (Wildman–Crippen MR) is 74.2 cm³/mol. The molecule has 2 heterocycles. The molecule has 1 aliphatic rings. The van der Waals surface area contributed by atoms with Crippen molar-refractivity contribution in [3.8, 4) is 5.69 Å². The SMILES string of the molecule is Nc1c2c(nn1-c1ccc(Cl)c(Cl)c1)CC(=O)NC2=O. The molecule has 0 saturated carbocycles. The van der Waals surface area contributed by atoms with E-state index in [0.29, 0.717) is 21.4 Å². The average Bonchev–Trinajstić information content (AvgIpc) is 2.70. The number of nitrogen functional groups attached to an aromatic ring is 1. The molecule has 0 atom stereocenters. The van der Waals surface area contributed by atoms with Crippen molar-refractivity contribution in [2.24, 2.45) is 0 Å². The molecule has 2 amide bonds. The van der Waals surface area contributed by atoms with Crippen LogP contribution in [0.4, 0.5) is 5.82 Å². The minimum Gasteiger partial charge on any atom is -0.383 e. The number of hydrogen-bond acceptors (Lipinski definition) is 4. The van der Waals surface area contributed by atoms with Crippen molar-refractivity contribution in [3.63, 3.8) is 0 Å². The Morgan fingerprint density at radius 2 is 2.00 bits per heavy atom. The molecule has 0 aliphatic carbocycles. The molecular weight excluding hydrogens is 303 g/mol. The fourth-order valence-corrected chi connectivity index (χ4v) is 2.34. The number of amides is 2. The fraction of sp³-hybridized carbons (Fsp3) is 0.0833. The van der Waals surface area contributed by atoms with E-state index in [1.54, 1.807) is 18.2 Å². The van der Waals surface area contributed by atoms with Crippen LogP contribution in [0.5, 0.6) is 0 Å². The topological polar surface area (TPSA) is 90.0 Å². The Hall–Kier alpha value is -2.05. The minimum atomic E-state index is -0.542. The molecule has 0 bridgehead atoms. The number of halogens is 2. The van der Waals surface area contributed by atoms with E-state index in [1.165, 1.54) is 4.68 Å². The van der Waals surface area contributed by atoms with Gasteiger partial charge in [0.2, 0.25) is 5.91 Å². The average molecular weight is 311 g/mol. The van der Waals surface area contributed by atoms with Gasteiger partial charge in [0.05, 0.1) is 27.8 Å². The summed E-state index contributed by atoms with van der Waals surface area (Å²) in [7, 11) is 0. The van der Waals surface area contributed by atoms with Gasteiger partial charge >= 0.3 is 0 Å². The number of benzene rings is 1. The molecule has 1 aromatic heterocycles. The maximum Gasteiger partial charge on any atom is 0.263 e. The number of carbonyl (C=O) groups excluding carboxylic acids is 2. The van der Waals surface area contributed by atoms with Gasteiger partial charge < -0.3 is 5.73 Å². The smallest absolute Gasteiger partial charge is 0.263 e. The first-order valence-corrected chi connectivity index (χ1v) is 6.40. The largest absolute Gasteiger partial charge is 0.383 e. The van der Waals surface area contributed by atoms with Crippen LogP contribution in [0.25, 0.3) is 5.69 Å². The van der Waals surface area contributed by atoms with Gasteiger partial charge in [0.25, 0.3) is 5.91 Å². The van der Waals surface area contributed by atoms with E-state index in [1.807, 2.05) is 0 Å². The van der Waals surface area contributed by atoms with Crippen LogP contribution in [0.1, 0.15) is 16.1 Å².